The monoisotopic (exact) mass is 455 g/mol. The van der Waals surface area contributed by atoms with Gasteiger partial charge in [0.15, 0.2) is 11.3 Å². The molecule has 0 fully saturated rings. The van der Waals surface area contributed by atoms with Crippen molar-refractivity contribution in [3.63, 3.8) is 0 Å². The molecule has 33 heavy (non-hydrogen) atoms. The zero-order valence-electron chi connectivity index (χ0n) is 19.0. The Labute approximate surface area is 192 Å². The lowest BCUT2D eigenvalue weighted by Gasteiger charge is -2.22. The fourth-order valence-electron chi connectivity index (χ4n) is 4.05. The van der Waals surface area contributed by atoms with Crippen LogP contribution in [0.3, 0.4) is 0 Å². The second kappa shape index (κ2) is 10.1. The van der Waals surface area contributed by atoms with Crippen LogP contribution >= 0.6 is 0 Å². The summed E-state index contributed by atoms with van der Waals surface area (Å²) >= 11 is 0. The number of nitrogen functional groups attached to an aromatic ring is 1. The molecule has 1 aromatic carbocycles. The van der Waals surface area contributed by atoms with Gasteiger partial charge in [0.2, 0.25) is 5.95 Å². The van der Waals surface area contributed by atoms with E-state index in [-0.39, 0.29) is 24.9 Å². The highest BCUT2D eigenvalue weighted by Crippen LogP contribution is 2.30. The van der Waals surface area contributed by atoms with Crippen LogP contribution in [0.15, 0.2) is 24.4 Å². The van der Waals surface area contributed by atoms with E-state index in [2.05, 4.69) is 33.4 Å². The molecular formula is C23H30FN7O2. The van der Waals surface area contributed by atoms with Gasteiger partial charge < -0.3 is 25.8 Å². The summed E-state index contributed by atoms with van der Waals surface area (Å²) in [6, 6.07) is 3.40. The van der Waals surface area contributed by atoms with Crippen LogP contribution in [-0.4, -0.2) is 64.8 Å². The highest BCUT2D eigenvalue weighted by molar-refractivity contribution is 5.86. The van der Waals surface area contributed by atoms with Crippen molar-refractivity contribution in [1.82, 2.24) is 25.1 Å². The Morgan fingerprint density at radius 1 is 1.30 bits per heavy atom. The number of nitrogens with two attached hydrogens (primary N) is 1. The molecule has 3 heterocycles. The lowest BCUT2D eigenvalue weighted by Crippen LogP contribution is -2.29. The van der Waals surface area contributed by atoms with Crippen LogP contribution < -0.4 is 20.7 Å². The quantitative estimate of drug-likeness (QED) is 0.426. The van der Waals surface area contributed by atoms with Gasteiger partial charge >= 0.3 is 0 Å². The van der Waals surface area contributed by atoms with Crippen LogP contribution in [0.4, 0.5) is 16.2 Å². The van der Waals surface area contributed by atoms with E-state index in [9.17, 15) is 5.11 Å². The normalized spacial score (nSPS) is 13.5. The van der Waals surface area contributed by atoms with Crippen molar-refractivity contribution in [2.45, 2.75) is 26.3 Å². The third-order valence-corrected chi connectivity index (χ3v) is 5.73. The molecule has 3 aromatic rings. The van der Waals surface area contributed by atoms with E-state index in [1.165, 1.54) is 13.2 Å². The molecule has 4 N–H and O–H groups in total. The molecule has 0 amide bonds. The Hall–Kier alpha value is -3.24. The number of hydrogen-bond donors (Lipinski definition) is 3. The number of rotatable bonds is 10. The fraction of sp³-hybridized carbons (Fsp3) is 0.435. The zero-order valence-corrected chi connectivity index (χ0v) is 19.0. The maximum Gasteiger partial charge on any atom is 0.222 e. The van der Waals surface area contributed by atoms with E-state index in [0.29, 0.717) is 47.8 Å². The molecule has 0 bridgehead atoms. The average molecular weight is 456 g/mol. The SMILES string of the molecule is CCCCN(CCO)c1nc(N)nc2cn(Cc3c(F)cc(C4=CCNC4)cc3OC)nc12. The Morgan fingerprint density at radius 3 is 2.85 bits per heavy atom. The van der Waals surface area contributed by atoms with E-state index in [1.807, 2.05) is 11.0 Å². The number of nitrogens with zero attached hydrogens (tertiary/aromatic N) is 5. The number of ether oxygens (including phenoxy) is 1. The minimum atomic E-state index is -0.354. The molecule has 176 valence electrons. The van der Waals surface area contributed by atoms with Gasteiger partial charge in [0.1, 0.15) is 17.1 Å². The molecule has 0 unspecified atom stereocenters. The summed E-state index contributed by atoms with van der Waals surface area (Å²) in [5, 5.41) is 17.4. The molecule has 9 nitrogen and oxygen atoms in total. The summed E-state index contributed by atoms with van der Waals surface area (Å²) in [5.74, 6) is 0.811. The fourth-order valence-corrected chi connectivity index (χ4v) is 4.05. The van der Waals surface area contributed by atoms with Gasteiger partial charge in [-0.25, -0.2) is 9.37 Å². The Kier molecular flexibility index (Phi) is 7.05. The molecule has 0 saturated heterocycles. The Morgan fingerprint density at radius 2 is 2.15 bits per heavy atom. The molecule has 4 rings (SSSR count). The van der Waals surface area contributed by atoms with Gasteiger partial charge in [-0.15, -0.1) is 0 Å². The lowest BCUT2D eigenvalue weighted by molar-refractivity contribution is 0.301. The molecule has 0 aliphatic carbocycles. The van der Waals surface area contributed by atoms with Crippen LogP contribution in [-0.2, 0) is 6.54 Å². The van der Waals surface area contributed by atoms with E-state index >= 15 is 4.39 Å². The first-order valence-corrected chi connectivity index (χ1v) is 11.2. The zero-order chi connectivity index (χ0) is 23.4. The number of halogens is 1. The van der Waals surface area contributed by atoms with Crippen molar-refractivity contribution >= 4 is 28.4 Å². The van der Waals surface area contributed by atoms with Gasteiger partial charge in [-0.2, -0.15) is 10.1 Å². The minimum Gasteiger partial charge on any atom is -0.496 e. The van der Waals surface area contributed by atoms with Gasteiger partial charge in [-0.1, -0.05) is 19.4 Å². The molecule has 0 radical (unpaired) electrons. The number of fused-ring (bicyclic) bond motifs is 1. The van der Waals surface area contributed by atoms with Crippen LogP contribution in [0, 0.1) is 5.82 Å². The summed E-state index contributed by atoms with van der Waals surface area (Å²) < 4.78 is 22.3. The summed E-state index contributed by atoms with van der Waals surface area (Å²) in [6.07, 6.45) is 5.72. The van der Waals surface area contributed by atoms with E-state index in [1.54, 1.807) is 10.9 Å². The van der Waals surface area contributed by atoms with Crippen molar-refractivity contribution in [1.29, 1.82) is 0 Å². The summed E-state index contributed by atoms with van der Waals surface area (Å²) in [4.78, 5) is 10.7. The number of benzene rings is 1. The number of anilines is 2. The third kappa shape index (κ3) is 4.91. The number of nitrogens with one attached hydrogen (secondary N) is 1. The smallest absolute Gasteiger partial charge is 0.222 e. The van der Waals surface area contributed by atoms with E-state index in [4.69, 9.17) is 10.5 Å². The van der Waals surface area contributed by atoms with Crippen molar-refractivity contribution in [2.75, 3.05) is 50.5 Å². The van der Waals surface area contributed by atoms with E-state index in [0.717, 1.165) is 30.5 Å². The molecule has 1 aliphatic rings. The Balaban J connectivity index is 1.70. The molecule has 0 spiro atoms. The largest absolute Gasteiger partial charge is 0.496 e. The van der Waals surface area contributed by atoms with Gasteiger partial charge in [0, 0.05) is 26.2 Å². The first-order chi connectivity index (χ1) is 16.0. The molecule has 1 aliphatic heterocycles. The van der Waals surface area contributed by atoms with Gasteiger partial charge in [-0.3, -0.25) is 4.68 Å². The maximum absolute atomic E-state index is 15.2. The predicted molar refractivity (Wildman–Crippen MR) is 127 cm³/mol. The average Bonchev–Trinajstić information content (AvgIpc) is 3.47. The minimum absolute atomic E-state index is 0.0173. The molecule has 2 aromatic heterocycles. The van der Waals surface area contributed by atoms with Crippen LogP contribution in [0.2, 0.25) is 0 Å². The van der Waals surface area contributed by atoms with Gasteiger partial charge in [-0.05, 0) is 29.7 Å². The van der Waals surface area contributed by atoms with Crippen molar-refractivity contribution in [2.24, 2.45) is 0 Å². The maximum atomic E-state index is 15.2. The van der Waals surface area contributed by atoms with Crippen LogP contribution in [0.25, 0.3) is 16.6 Å². The van der Waals surface area contributed by atoms with Crippen LogP contribution in [0.1, 0.15) is 30.9 Å². The first-order valence-electron chi connectivity index (χ1n) is 11.2. The van der Waals surface area contributed by atoms with Gasteiger partial charge in [0.25, 0.3) is 0 Å². The van der Waals surface area contributed by atoms with Crippen molar-refractivity contribution < 1.29 is 14.2 Å². The van der Waals surface area contributed by atoms with E-state index < -0.39 is 0 Å². The highest BCUT2D eigenvalue weighted by atomic mass is 19.1. The highest BCUT2D eigenvalue weighted by Gasteiger charge is 2.20. The number of aliphatic hydroxyl groups excluding tert-OH is 1. The number of methoxy groups -OCH3 is 1. The predicted octanol–water partition coefficient (Wildman–Crippen LogP) is 2.19. The molecule has 0 atom stereocenters. The molecule has 0 saturated carbocycles. The number of hydrogen-bond acceptors (Lipinski definition) is 8. The second-order valence-corrected chi connectivity index (χ2v) is 8.03. The van der Waals surface area contributed by atoms with Crippen LogP contribution in [0.5, 0.6) is 5.75 Å². The number of aromatic nitrogens is 4. The standard InChI is InChI=1S/C23H30FN7O2/c1-3-4-7-30(8-9-32)22-21-19(27-23(25)28-22)14-31(29-21)13-17-18(24)10-16(11-20(17)33-2)15-5-6-26-12-15/h5,10-11,14,26,32H,3-4,6-9,12-13H2,1-2H3,(H2,25,27). The molecular weight excluding hydrogens is 425 g/mol. The topological polar surface area (TPSA) is 114 Å². The second-order valence-electron chi connectivity index (χ2n) is 8.03. The summed E-state index contributed by atoms with van der Waals surface area (Å²) in [5.41, 5.74) is 9.34. The molecule has 10 heteroatoms. The number of aliphatic hydroxyl groups is 1. The van der Waals surface area contributed by atoms with Crippen molar-refractivity contribution in [3.8, 4) is 5.75 Å². The number of unbranched alkanes of at least 4 members (excludes halogenated alkanes) is 1. The van der Waals surface area contributed by atoms with Crippen molar-refractivity contribution in [3.05, 3.63) is 41.3 Å². The van der Waals surface area contributed by atoms with Gasteiger partial charge in [0.05, 0.1) is 32.0 Å². The summed E-state index contributed by atoms with van der Waals surface area (Å²) in [6.45, 7) is 4.85. The summed E-state index contributed by atoms with van der Waals surface area (Å²) in [7, 11) is 1.54. The first kappa shape index (κ1) is 22.9. The third-order valence-electron chi connectivity index (χ3n) is 5.73. The lowest BCUT2D eigenvalue weighted by atomic mass is 10.0. The Bertz CT molecular complexity index is 1160.